The second kappa shape index (κ2) is 4.68. The molecule has 0 saturated heterocycles. The zero-order valence-electron chi connectivity index (χ0n) is 10.2. The third-order valence-corrected chi connectivity index (χ3v) is 3.72. The SMILES string of the molecule is CNc1cc(NC2CCC(C)C2C)ncn1. The highest BCUT2D eigenvalue weighted by molar-refractivity contribution is 5.46. The molecular weight excluding hydrogens is 200 g/mol. The molecule has 0 bridgehead atoms. The first-order valence-electron chi connectivity index (χ1n) is 5.97. The van der Waals surface area contributed by atoms with E-state index in [2.05, 4.69) is 34.4 Å². The van der Waals surface area contributed by atoms with Gasteiger partial charge in [0, 0.05) is 19.2 Å². The topological polar surface area (TPSA) is 49.8 Å². The lowest BCUT2D eigenvalue weighted by Crippen LogP contribution is -2.24. The van der Waals surface area contributed by atoms with E-state index in [1.807, 2.05) is 13.1 Å². The Labute approximate surface area is 96.9 Å². The van der Waals surface area contributed by atoms with Crippen molar-refractivity contribution in [2.24, 2.45) is 11.8 Å². The van der Waals surface area contributed by atoms with Crippen LogP contribution < -0.4 is 10.6 Å². The summed E-state index contributed by atoms with van der Waals surface area (Å²) < 4.78 is 0. The van der Waals surface area contributed by atoms with Crippen molar-refractivity contribution in [3.05, 3.63) is 12.4 Å². The molecule has 4 heteroatoms. The summed E-state index contributed by atoms with van der Waals surface area (Å²) >= 11 is 0. The smallest absolute Gasteiger partial charge is 0.131 e. The van der Waals surface area contributed by atoms with Crippen molar-refractivity contribution >= 4 is 11.6 Å². The minimum atomic E-state index is 0.551. The molecule has 0 aliphatic heterocycles. The number of nitrogens with zero attached hydrogens (tertiary/aromatic N) is 2. The van der Waals surface area contributed by atoms with Crippen LogP contribution in [-0.2, 0) is 0 Å². The Morgan fingerprint density at radius 1 is 1.19 bits per heavy atom. The molecule has 4 nitrogen and oxygen atoms in total. The van der Waals surface area contributed by atoms with Gasteiger partial charge in [-0.05, 0) is 24.7 Å². The van der Waals surface area contributed by atoms with Crippen LogP contribution in [0, 0.1) is 11.8 Å². The van der Waals surface area contributed by atoms with Gasteiger partial charge in [0.25, 0.3) is 0 Å². The maximum absolute atomic E-state index is 4.25. The minimum absolute atomic E-state index is 0.551. The number of hydrogen-bond donors (Lipinski definition) is 2. The number of rotatable bonds is 3. The van der Waals surface area contributed by atoms with E-state index in [1.54, 1.807) is 6.33 Å². The highest BCUT2D eigenvalue weighted by Crippen LogP contribution is 2.32. The fourth-order valence-electron chi connectivity index (χ4n) is 2.33. The van der Waals surface area contributed by atoms with E-state index in [0.717, 1.165) is 17.6 Å². The van der Waals surface area contributed by atoms with Gasteiger partial charge in [-0.25, -0.2) is 9.97 Å². The van der Waals surface area contributed by atoms with Crippen LogP contribution in [0.3, 0.4) is 0 Å². The second-order valence-electron chi connectivity index (χ2n) is 4.70. The maximum atomic E-state index is 4.25. The molecule has 1 saturated carbocycles. The van der Waals surface area contributed by atoms with Crippen molar-refractivity contribution in [2.75, 3.05) is 17.7 Å². The summed E-state index contributed by atoms with van der Waals surface area (Å²) in [5.74, 6) is 3.30. The van der Waals surface area contributed by atoms with Gasteiger partial charge in [0.2, 0.25) is 0 Å². The molecule has 1 heterocycles. The molecule has 3 atom stereocenters. The number of nitrogens with one attached hydrogen (secondary N) is 2. The van der Waals surface area contributed by atoms with Gasteiger partial charge in [-0.2, -0.15) is 0 Å². The van der Waals surface area contributed by atoms with Gasteiger partial charge in [0.05, 0.1) is 0 Å². The van der Waals surface area contributed by atoms with Crippen LogP contribution in [-0.4, -0.2) is 23.1 Å². The highest BCUT2D eigenvalue weighted by atomic mass is 15.1. The van der Waals surface area contributed by atoms with E-state index in [9.17, 15) is 0 Å². The summed E-state index contributed by atoms with van der Waals surface area (Å²) in [5.41, 5.74) is 0. The van der Waals surface area contributed by atoms with Crippen molar-refractivity contribution in [1.29, 1.82) is 0 Å². The number of aromatic nitrogens is 2. The molecule has 0 radical (unpaired) electrons. The molecule has 1 aliphatic carbocycles. The Balaban J connectivity index is 2.03. The van der Waals surface area contributed by atoms with Crippen LogP contribution in [0.25, 0.3) is 0 Å². The fraction of sp³-hybridized carbons (Fsp3) is 0.667. The molecule has 3 unspecified atom stereocenters. The largest absolute Gasteiger partial charge is 0.373 e. The third kappa shape index (κ3) is 2.26. The molecule has 2 rings (SSSR count). The fourth-order valence-corrected chi connectivity index (χ4v) is 2.33. The van der Waals surface area contributed by atoms with Crippen LogP contribution in [0.4, 0.5) is 11.6 Å². The summed E-state index contributed by atoms with van der Waals surface area (Å²) in [6.07, 6.45) is 4.14. The minimum Gasteiger partial charge on any atom is -0.373 e. The molecule has 1 aromatic rings. The third-order valence-electron chi connectivity index (χ3n) is 3.72. The standard InChI is InChI=1S/C12H20N4/c1-8-4-5-10(9(8)2)16-12-6-11(13-3)14-7-15-12/h6-10H,4-5H2,1-3H3,(H2,13,14,15,16). The van der Waals surface area contributed by atoms with E-state index in [4.69, 9.17) is 0 Å². The van der Waals surface area contributed by atoms with Crippen molar-refractivity contribution in [3.8, 4) is 0 Å². The zero-order valence-corrected chi connectivity index (χ0v) is 10.2. The molecule has 1 aliphatic rings. The predicted octanol–water partition coefficient (Wildman–Crippen LogP) is 2.36. The zero-order chi connectivity index (χ0) is 11.5. The van der Waals surface area contributed by atoms with E-state index in [1.165, 1.54) is 12.8 Å². The van der Waals surface area contributed by atoms with Crippen LogP contribution in [0.5, 0.6) is 0 Å². The van der Waals surface area contributed by atoms with Gasteiger partial charge < -0.3 is 10.6 Å². The average Bonchev–Trinajstić information content (AvgIpc) is 2.61. The number of anilines is 2. The molecule has 16 heavy (non-hydrogen) atoms. The summed E-state index contributed by atoms with van der Waals surface area (Å²) in [6.45, 7) is 4.64. The van der Waals surface area contributed by atoms with Gasteiger partial charge >= 0.3 is 0 Å². The lowest BCUT2D eigenvalue weighted by molar-refractivity contribution is 0.435. The molecule has 0 amide bonds. The average molecular weight is 220 g/mol. The van der Waals surface area contributed by atoms with Crippen LogP contribution >= 0.6 is 0 Å². The van der Waals surface area contributed by atoms with E-state index >= 15 is 0 Å². The monoisotopic (exact) mass is 220 g/mol. The maximum Gasteiger partial charge on any atom is 0.131 e. The Hall–Kier alpha value is -1.32. The molecule has 0 spiro atoms. The van der Waals surface area contributed by atoms with Gasteiger partial charge in [-0.15, -0.1) is 0 Å². The molecule has 1 fully saturated rings. The van der Waals surface area contributed by atoms with E-state index in [0.29, 0.717) is 12.0 Å². The van der Waals surface area contributed by atoms with Gasteiger partial charge in [0.15, 0.2) is 0 Å². The van der Waals surface area contributed by atoms with Crippen LogP contribution in [0.2, 0.25) is 0 Å². The molecular formula is C12H20N4. The van der Waals surface area contributed by atoms with Gasteiger partial charge in [0.1, 0.15) is 18.0 Å². The molecule has 2 N–H and O–H groups in total. The Kier molecular flexibility index (Phi) is 3.27. The first-order valence-corrected chi connectivity index (χ1v) is 5.97. The summed E-state index contributed by atoms with van der Waals surface area (Å²) in [6, 6.07) is 2.50. The molecule has 1 aromatic heterocycles. The first-order chi connectivity index (χ1) is 7.70. The Bertz CT molecular complexity index is 353. The highest BCUT2D eigenvalue weighted by Gasteiger charge is 2.29. The molecule has 88 valence electrons. The normalized spacial score (nSPS) is 29.1. The van der Waals surface area contributed by atoms with E-state index in [-0.39, 0.29) is 0 Å². The Morgan fingerprint density at radius 3 is 2.56 bits per heavy atom. The van der Waals surface area contributed by atoms with Crippen molar-refractivity contribution in [2.45, 2.75) is 32.7 Å². The summed E-state index contributed by atoms with van der Waals surface area (Å²) in [4.78, 5) is 8.35. The summed E-state index contributed by atoms with van der Waals surface area (Å²) in [7, 11) is 1.87. The van der Waals surface area contributed by atoms with Gasteiger partial charge in [-0.1, -0.05) is 13.8 Å². The Morgan fingerprint density at radius 2 is 1.94 bits per heavy atom. The quantitative estimate of drug-likeness (QED) is 0.821. The lowest BCUT2D eigenvalue weighted by Gasteiger charge is -2.20. The van der Waals surface area contributed by atoms with Crippen LogP contribution in [0.1, 0.15) is 26.7 Å². The predicted molar refractivity (Wildman–Crippen MR) is 66.6 cm³/mol. The van der Waals surface area contributed by atoms with Crippen molar-refractivity contribution in [3.63, 3.8) is 0 Å². The van der Waals surface area contributed by atoms with Crippen molar-refractivity contribution < 1.29 is 0 Å². The van der Waals surface area contributed by atoms with Crippen LogP contribution in [0.15, 0.2) is 12.4 Å². The summed E-state index contributed by atoms with van der Waals surface area (Å²) in [5, 5.41) is 6.53. The van der Waals surface area contributed by atoms with Crippen molar-refractivity contribution in [1.82, 2.24) is 9.97 Å². The second-order valence-corrected chi connectivity index (χ2v) is 4.70. The lowest BCUT2D eigenvalue weighted by atomic mass is 9.98. The molecule has 0 aromatic carbocycles. The number of hydrogen-bond acceptors (Lipinski definition) is 4. The van der Waals surface area contributed by atoms with Gasteiger partial charge in [-0.3, -0.25) is 0 Å². The first kappa shape index (κ1) is 11.2. The van der Waals surface area contributed by atoms with E-state index < -0.39 is 0 Å².